The van der Waals surface area contributed by atoms with E-state index in [0.29, 0.717) is 57.2 Å². The number of benzene rings is 1. The molecule has 13 heteroatoms. The molecule has 0 aliphatic carbocycles. The zero-order chi connectivity index (χ0) is 31.6. The fourth-order valence-corrected chi connectivity index (χ4v) is 8.88. The fraction of sp³-hybridized carbons (Fsp3) is 0.656. The summed E-state index contributed by atoms with van der Waals surface area (Å²) in [5.41, 5.74) is 8.19. The molecular weight excluding hydrogens is 596 g/mol. The van der Waals surface area contributed by atoms with Crippen molar-refractivity contribution in [3.8, 4) is 11.8 Å². The Morgan fingerprint density at radius 1 is 0.956 bits per heavy atom. The Bertz CT molecular complexity index is 1390. The van der Waals surface area contributed by atoms with Crippen LogP contribution in [-0.4, -0.2) is 111 Å². The number of piperidine rings is 4. The Hall–Kier alpha value is -2.70. The summed E-state index contributed by atoms with van der Waals surface area (Å²) in [6.45, 7) is 6.12. The monoisotopic (exact) mass is 641 g/mol. The van der Waals surface area contributed by atoms with Gasteiger partial charge in [0.15, 0.2) is 0 Å². The van der Waals surface area contributed by atoms with Crippen molar-refractivity contribution in [2.45, 2.75) is 76.1 Å². The highest BCUT2D eigenvalue weighted by atomic mass is 32.3. The van der Waals surface area contributed by atoms with Crippen LogP contribution in [-0.2, 0) is 35.7 Å². The number of fused-ring (bicyclic) bond motifs is 1. The molecule has 244 valence electrons. The van der Waals surface area contributed by atoms with Gasteiger partial charge in [0, 0.05) is 62.9 Å². The Balaban J connectivity index is 0.898. The van der Waals surface area contributed by atoms with Gasteiger partial charge >= 0.3 is 10.6 Å². The summed E-state index contributed by atoms with van der Waals surface area (Å²) >= 11 is 0. The van der Waals surface area contributed by atoms with Gasteiger partial charge in [0.05, 0.1) is 19.2 Å². The molecule has 2 atom stereocenters. The van der Waals surface area contributed by atoms with Crippen LogP contribution in [0.15, 0.2) is 18.2 Å². The third-order valence-electron chi connectivity index (χ3n) is 9.94. The van der Waals surface area contributed by atoms with E-state index in [0.717, 1.165) is 69.3 Å². The van der Waals surface area contributed by atoms with Crippen molar-refractivity contribution < 1.29 is 27.9 Å². The SMILES string of the molecule is NC1CCN([S+](=O)(O)N2CCC(CN3CCC(OCC#Cc4ccc5c(c4)CN(C4CCC(=O)NC4=O)C5=O)CC3)CC2)CC1. The number of carbonyl (C=O) groups is 3. The maximum atomic E-state index is 13.2. The molecule has 4 N–H and O–H groups in total. The first kappa shape index (κ1) is 32.2. The molecule has 5 aliphatic heterocycles. The lowest BCUT2D eigenvalue weighted by Gasteiger charge is -2.37. The summed E-state index contributed by atoms with van der Waals surface area (Å²) in [5.74, 6) is 5.90. The second kappa shape index (κ2) is 14.0. The number of rotatable bonds is 7. The van der Waals surface area contributed by atoms with Gasteiger partial charge in [0.1, 0.15) is 12.6 Å². The standard InChI is InChI=1S/C32H44N6O6S/c33-26-9-17-37(18-10-26)45(42,43)36-15-7-24(8-16-36)21-35-13-11-27(12-14-35)44-19-1-2-23-3-4-28-25(20-23)22-38(32(28)41)29-5-6-30(39)34-31(29)40/h3-4,20,24,26-27,29H,5-19,21-22,33H2,(H-,34,39,40,42,43)/p+1. The van der Waals surface area contributed by atoms with Crippen LogP contribution in [0, 0.1) is 17.8 Å². The molecule has 12 nitrogen and oxygen atoms in total. The molecule has 1 aromatic rings. The number of nitrogens with one attached hydrogen (secondary N) is 1. The molecule has 0 radical (unpaired) electrons. The summed E-state index contributed by atoms with van der Waals surface area (Å²) in [6, 6.07) is 5.00. The van der Waals surface area contributed by atoms with E-state index in [1.807, 2.05) is 12.1 Å². The molecule has 0 bridgehead atoms. The largest absolute Gasteiger partial charge is 0.375 e. The highest BCUT2D eigenvalue weighted by Gasteiger charge is 2.46. The van der Waals surface area contributed by atoms with Crippen LogP contribution in [0.5, 0.6) is 0 Å². The van der Waals surface area contributed by atoms with Gasteiger partial charge in [-0.15, -0.1) is 0 Å². The van der Waals surface area contributed by atoms with Gasteiger partial charge in [-0.2, -0.15) is 4.55 Å². The predicted molar refractivity (Wildman–Crippen MR) is 169 cm³/mol. The number of hydrogen-bond acceptors (Lipinski definition) is 7. The third-order valence-corrected chi connectivity index (χ3v) is 12.0. The van der Waals surface area contributed by atoms with Crippen molar-refractivity contribution in [1.82, 2.24) is 23.7 Å². The first-order valence-corrected chi connectivity index (χ1v) is 17.7. The number of imide groups is 1. The highest BCUT2D eigenvalue weighted by molar-refractivity contribution is 7.93. The second-order valence-corrected chi connectivity index (χ2v) is 15.0. The molecule has 5 heterocycles. The van der Waals surface area contributed by atoms with Gasteiger partial charge in [-0.05, 0) is 78.8 Å². The topological polar surface area (TPSA) is 149 Å². The van der Waals surface area contributed by atoms with Gasteiger partial charge in [0.25, 0.3) is 5.91 Å². The van der Waals surface area contributed by atoms with Crippen LogP contribution in [0.1, 0.15) is 72.9 Å². The van der Waals surface area contributed by atoms with E-state index in [-0.39, 0.29) is 30.4 Å². The van der Waals surface area contributed by atoms with E-state index >= 15 is 0 Å². The van der Waals surface area contributed by atoms with Gasteiger partial charge < -0.3 is 20.3 Å². The molecular formula is C32H45N6O6S+. The van der Waals surface area contributed by atoms with E-state index in [4.69, 9.17) is 10.5 Å². The van der Waals surface area contributed by atoms with Crippen LogP contribution in [0.3, 0.4) is 0 Å². The Kier molecular flexibility index (Phi) is 10.0. The molecule has 45 heavy (non-hydrogen) atoms. The minimum atomic E-state index is -3.13. The number of ether oxygens (including phenoxy) is 1. The third kappa shape index (κ3) is 7.49. The van der Waals surface area contributed by atoms with Gasteiger partial charge in [-0.25, -0.2) is 0 Å². The summed E-state index contributed by atoms with van der Waals surface area (Å²) in [5, 5.41) is 2.33. The number of nitrogens with zero attached hydrogens (tertiary/aromatic N) is 4. The lowest BCUT2D eigenvalue weighted by Crippen LogP contribution is -2.55. The van der Waals surface area contributed by atoms with Crippen LogP contribution < -0.4 is 11.1 Å². The van der Waals surface area contributed by atoms with E-state index < -0.39 is 22.5 Å². The number of carbonyl (C=O) groups excluding carboxylic acids is 3. The maximum absolute atomic E-state index is 13.2. The molecule has 0 spiro atoms. The smallest absolute Gasteiger partial charge is 0.365 e. The summed E-state index contributed by atoms with van der Waals surface area (Å²) in [7, 11) is -3.13. The molecule has 0 saturated carbocycles. The van der Waals surface area contributed by atoms with Crippen molar-refractivity contribution in [3.05, 3.63) is 34.9 Å². The molecule has 2 unspecified atom stereocenters. The van der Waals surface area contributed by atoms with Gasteiger partial charge in [0.2, 0.25) is 11.8 Å². The zero-order valence-corrected chi connectivity index (χ0v) is 26.6. The normalized spacial score (nSPS) is 26.3. The zero-order valence-electron chi connectivity index (χ0n) is 25.8. The molecule has 5 aliphatic rings. The number of nitrogens with two attached hydrogens (primary N) is 1. The van der Waals surface area contributed by atoms with E-state index in [2.05, 4.69) is 22.1 Å². The second-order valence-electron chi connectivity index (χ2n) is 13.0. The minimum Gasteiger partial charge on any atom is -0.365 e. The fourth-order valence-electron chi connectivity index (χ4n) is 7.18. The molecule has 6 rings (SSSR count). The van der Waals surface area contributed by atoms with Crippen LogP contribution >= 0.6 is 0 Å². The quantitative estimate of drug-likeness (QED) is 0.229. The molecule has 4 fully saturated rings. The molecule has 3 amide bonds. The summed E-state index contributed by atoms with van der Waals surface area (Å²) in [6.07, 6.45) is 6.08. The molecule has 1 aromatic carbocycles. The number of amides is 3. The average molecular weight is 642 g/mol. The van der Waals surface area contributed by atoms with Crippen molar-refractivity contribution in [3.63, 3.8) is 0 Å². The van der Waals surface area contributed by atoms with Crippen molar-refractivity contribution >= 4 is 28.3 Å². The van der Waals surface area contributed by atoms with Crippen molar-refractivity contribution in [2.75, 3.05) is 52.4 Å². The Labute approximate surface area is 266 Å². The average Bonchev–Trinajstić information content (AvgIpc) is 3.35. The summed E-state index contributed by atoms with van der Waals surface area (Å²) < 4.78 is 33.6. The summed E-state index contributed by atoms with van der Waals surface area (Å²) in [4.78, 5) is 40.7. The Morgan fingerprint density at radius 2 is 1.64 bits per heavy atom. The van der Waals surface area contributed by atoms with Gasteiger partial charge in [-0.3, -0.25) is 19.7 Å². The van der Waals surface area contributed by atoms with Crippen LogP contribution in [0.4, 0.5) is 0 Å². The van der Waals surface area contributed by atoms with Crippen molar-refractivity contribution in [1.29, 1.82) is 0 Å². The molecule has 4 saturated heterocycles. The van der Waals surface area contributed by atoms with Crippen LogP contribution in [0.2, 0.25) is 0 Å². The molecule has 0 aromatic heterocycles. The van der Waals surface area contributed by atoms with E-state index in [1.54, 1.807) is 19.6 Å². The van der Waals surface area contributed by atoms with Gasteiger partial charge in [-0.1, -0.05) is 20.5 Å². The minimum absolute atomic E-state index is 0.136. The number of hydrogen-bond donors (Lipinski definition) is 3. The first-order valence-electron chi connectivity index (χ1n) is 16.3. The van der Waals surface area contributed by atoms with E-state index in [9.17, 15) is 23.1 Å². The van der Waals surface area contributed by atoms with Crippen LogP contribution in [0.25, 0.3) is 0 Å². The lowest BCUT2D eigenvalue weighted by atomic mass is 9.96. The maximum Gasteiger partial charge on any atom is 0.375 e. The first-order chi connectivity index (χ1) is 21.7. The predicted octanol–water partition coefficient (Wildman–Crippen LogP) is 1.22. The van der Waals surface area contributed by atoms with Crippen molar-refractivity contribution in [2.24, 2.45) is 11.7 Å². The number of likely N-dealkylation sites (tertiary alicyclic amines) is 1. The highest BCUT2D eigenvalue weighted by Crippen LogP contribution is 2.29. The Morgan fingerprint density at radius 3 is 2.33 bits per heavy atom. The lowest BCUT2D eigenvalue weighted by molar-refractivity contribution is -0.136. The van der Waals surface area contributed by atoms with E-state index in [1.165, 1.54) is 0 Å².